The van der Waals surface area contributed by atoms with Crippen molar-refractivity contribution in [3.63, 3.8) is 0 Å². The van der Waals surface area contributed by atoms with Crippen molar-refractivity contribution >= 4 is 11.6 Å². The molecular formula is C19H22N2O2. The Morgan fingerprint density at radius 1 is 1.26 bits per heavy atom. The first kappa shape index (κ1) is 15.5. The third-order valence-corrected chi connectivity index (χ3v) is 4.21. The van der Waals surface area contributed by atoms with Crippen LogP contribution in [-0.4, -0.2) is 16.6 Å². The molecule has 1 amide bonds. The highest BCUT2D eigenvalue weighted by atomic mass is 16.3. The molecule has 2 heterocycles. The van der Waals surface area contributed by atoms with E-state index in [1.54, 1.807) is 11.3 Å². The second-order valence-electron chi connectivity index (χ2n) is 5.83. The van der Waals surface area contributed by atoms with E-state index < -0.39 is 0 Å². The van der Waals surface area contributed by atoms with Crippen LogP contribution in [-0.2, 0) is 11.2 Å². The number of furan rings is 1. The van der Waals surface area contributed by atoms with Gasteiger partial charge in [-0.05, 0) is 36.1 Å². The summed E-state index contributed by atoms with van der Waals surface area (Å²) in [5.41, 5.74) is 3.26. The zero-order valence-electron chi connectivity index (χ0n) is 13.7. The number of rotatable bonds is 5. The molecule has 0 unspecified atom stereocenters. The van der Waals surface area contributed by atoms with E-state index >= 15 is 0 Å². The summed E-state index contributed by atoms with van der Waals surface area (Å²) in [5, 5.41) is 6.20. The van der Waals surface area contributed by atoms with Crippen molar-refractivity contribution in [1.29, 1.82) is 0 Å². The van der Waals surface area contributed by atoms with Crippen LogP contribution in [0.15, 0.2) is 52.2 Å². The molecule has 3 rings (SSSR count). The lowest BCUT2D eigenvalue weighted by molar-refractivity contribution is -0.133. The minimum absolute atomic E-state index is 0.0416. The van der Waals surface area contributed by atoms with Crippen LogP contribution in [0.3, 0.4) is 0 Å². The Bertz CT molecular complexity index is 687. The molecule has 1 aromatic heterocycles. The highest BCUT2D eigenvalue weighted by Crippen LogP contribution is 2.33. The van der Waals surface area contributed by atoms with Crippen LogP contribution in [0.25, 0.3) is 0 Å². The van der Waals surface area contributed by atoms with E-state index in [0.717, 1.165) is 29.9 Å². The van der Waals surface area contributed by atoms with Crippen LogP contribution < -0.4 is 0 Å². The smallest absolute Gasteiger partial charge is 0.243 e. The maximum atomic E-state index is 12.5. The summed E-state index contributed by atoms with van der Waals surface area (Å²) in [6.45, 7) is 4.15. The Morgan fingerprint density at radius 3 is 2.65 bits per heavy atom. The van der Waals surface area contributed by atoms with E-state index in [1.807, 2.05) is 19.1 Å². The van der Waals surface area contributed by atoms with Crippen molar-refractivity contribution in [3.05, 3.63) is 59.5 Å². The van der Waals surface area contributed by atoms with Gasteiger partial charge in [-0.3, -0.25) is 4.79 Å². The van der Waals surface area contributed by atoms with Gasteiger partial charge < -0.3 is 4.42 Å². The molecule has 1 aliphatic rings. The van der Waals surface area contributed by atoms with E-state index in [9.17, 15) is 4.79 Å². The quantitative estimate of drug-likeness (QED) is 0.825. The van der Waals surface area contributed by atoms with Crippen LogP contribution in [0.5, 0.6) is 0 Å². The van der Waals surface area contributed by atoms with Crippen LogP contribution in [0, 0.1) is 0 Å². The van der Waals surface area contributed by atoms with Gasteiger partial charge in [0.25, 0.3) is 0 Å². The molecule has 1 atom stereocenters. The van der Waals surface area contributed by atoms with Gasteiger partial charge in [0, 0.05) is 12.8 Å². The van der Waals surface area contributed by atoms with E-state index in [0.29, 0.717) is 12.8 Å². The Hall–Kier alpha value is -2.36. The molecule has 1 aromatic carbocycles. The predicted molar refractivity (Wildman–Crippen MR) is 90.2 cm³/mol. The number of carbonyl (C=O) groups excluding carboxylic acids is 1. The van der Waals surface area contributed by atoms with Gasteiger partial charge >= 0.3 is 0 Å². The fourth-order valence-corrected chi connectivity index (χ4v) is 2.90. The van der Waals surface area contributed by atoms with Gasteiger partial charge in [0.15, 0.2) is 0 Å². The fraction of sp³-hybridized carbons (Fsp3) is 0.368. The molecule has 2 aromatic rings. The monoisotopic (exact) mass is 310 g/mol. The zero-order chi connectivity index (χ0) is 16.2. The first-order valence-corrected chi connectivity index (χ1v) is 8.25. The highest BCUT2D eigenvalue weighted by Gasteiger charge is 2.33. The Morgan fingerprint density at radius 2 is 2.04 bits per heavy atom. The van der Waals surface area contributed by atoms with E-state index in [2.05, 4.69) is 36.3 Å². The topological polar surface area (TPSA) is 45.8 Å². The molecule has 23 heavy (non-hydrogen) atoms. The molecule has 0 saturated carbocycles. The van der Waals surface area contributed by atoms with Crippen molar-refractivity contribution in [2.75, 3.05) is 0 Å². The first-order chi connectivity index (χ1) is 11.2. The van der Waals surface area contributed by atoms with Crippen molar-refractivity contribution in [2.45, 2.75) is 45.6 Å². The normalized spacial score (nSPS) is 17.4. The summed E-state index contributed by atoms with van der Waals surface area (Å²) in [7, 11) is 0. The van der Waals surface area contributed by atoms with Crippen LogP contribution in [0.1, 0.15) is 56.0 Å². The fourth-order valence-electron chi connectivity index (χ4n) is 2.90. The molecule has 0 aliphatic carbocycles. The predicted octanol–water partition coefficient (Wildman–Crippen LogP) is 4.32. The standard InChI is InChI=1S/C19H22N2O2/c1-3-6-19(22)21-17(15-10-8-14(4-2)9-11-15)13-16(20-21)18-7-5-12-23-18/h5,7-12,17H,3-4,6,13H2,1-2H3/t17-/m1/s1. The summed E-state index contributed by atoms with van der Waals surface area (Å²) in [4.78, 5) is 12.5. The number of benzene rings is 1. The third kappa shape index (κ3) is 3.21. The van der Waals surface area contributed by atoms with Gasteiger partial charge in [-0.2, -0.15) is 5.10 Å². The van der Waals surface area contributed by atoms with Gasteiger partial charge in [-0.15, -0.1) is 0 Å². The summed E-state index contributed by atoms with van der Waals surface area (Å²) in [6, 6.07) is 12.2. The van der Waals surface area contributed by atoms with Gasteiger partial charge in [-0.1, -0.05) is 38.1 Å². The maximum Gasteiger partial charge on any atom is 0.243 e. The highest BCUT2D eigenvalue weighted by molar-refractivity contribution is 6.01. The van der Waals surface area contributed by atoms with Gasteiger partial charge in [0.2, 0.25) is 5.91 Å². The minimum atomic E-state index is -0.0416. The SMILES string of the molecule is CCCC(=O)N1N=C(c2ccco2)C[C@@H]1c1ccc(CC)cc1. The second-order valence-corrected chi connectivity index (χ2v) is 5.83. The number of hydrogen-bond acceptors (Lipinski definition) is 3. The number of amides is 1. The lowest BCUT2D eigenvalue weighted by Gasteiger charge is -2.22. The Balaban J connectivity index is 1.89. The van der Waals surface area contributed by atoms with Gasteiger partial charge in [0.05, 0.1) is 12.3 Å². The number of hydrogen-bond donors (Lipinski definition) is 0. The van der Waals surface area contributed by atoms with Crippen molar-refractivity contribution in [1.82, 2.24) is 5.01 Å². The van der Waals surface area contributed by atoms with E-state index in [4.69, 9.17) is 4.42 Å². The molecule has 4 heteroatoms. The van der Waals surface area contributed by atoms with Gasteiger partial charge in [-0.25, -0.2) is 5.01 Å². The zero-order valence-corrected chi connectivity index (χ0v) is 13.7. The number of hydrazone groups is 1. The second kappa shape index (κ2) is 6.82. The van der Waals surface area contributed by atoms with Crippen molar-refractivity contribution in [2.24, 2.45) is 5.10 Å². The molecule has 0 radical (unpaired) electrons. The van der Waals surface area contributed by atoms with Crippen LogP contribution >= 0.6 is 0 Å². The number of aryl methyl sites for hydroxylation is 1. The average Bonchev–Trinajstić information content (AvgIpc) is 3.24. The molecule has 0 bridgehead atoms. The third-order valence-electron chi connectivity index (χ3n) is 4.21. The average molecular weight is 310 g/mol. The summed E-state index contributed by atoms with van der Waals surface area (Å²) in [6.07, 6.45) is 4.67. The largest absolute Gasteiger partial charge is 0.463 e. The Kier molecular flexibility index (Phi) is 4.60. The van der Waals surface area contributed by atoms with Gasteiger partial charge in [0.1, 0.15) is 11.5 Å². The molecule has 1 aliphatic heterocycles. The van der Waals surface area contributed by atoms with E-state index in [1.165, 1.54) is 5.56 Å². The minimum Gasteiger partial charge on any atom is -0.463 e. The molecular weight excluding hydrogens is 288 g/mol. The van der Waals surface area contributed by atoms with Crippen LogP contribution in [0.2, 0.25) is 0 Å². The summed E-state index contributed by atoms with van der Waals surface area (Å²) < 4.78 is 5.46. The molecule has 0 saturated heterocycles. The molecule has 4 nitrogen and oxygen atoms in total. The summed E-state index contributed by atoms with van der Waals surface area (Å²) in [5.74, 6) is 0.811. The molecule has 0 spiro atoms. The van der Waals surface area contributed by atoms with Crippen LogP contribution in [0.4, 0.5) is 0 Å². The lowest BCUT2D eigenvalue weighted by atomic mass is 9.99. The Labute approximate surface area is 136 Å². The van der Waals surface area contributed by atoms with Crippen molar-refractivity contribution in [3.8, 4) is 0 Å². The number of nitrogens with zero attached hydrogens (tertiary/aromatic N) is 2. The first-order valence-electron chi connectivity index (χ1n) is 8.25. The van der Waals surface area contributed by atoms with E-state index in [-0.39, 0.29) is 11.9 Å². The molecule has 0 fully saturated rings. The number of carbonyl (C=O) groups is 1. The molecule has 0 N–H and O–H groups in total. The molecule has 120 valence electrons. The summed E-state index contributed by atoms with van der Waals surface area (Å²) >= 11 is 0. The van der Waals surface area contributed by atoms with Crippen molar-refractivity contribution < 1.29 is 9.21 Å². The maximum absolute atomic E-state index is 12.5. The lowest BCUT2D eigenvalue weighted by Crippen LogP contribution is -2.26.